The quantitative estimate of drug-likeness (QED) is 0.147. The van der Waals surface area contributed by atoms with Crippen molar-refractivity contribution in [3.63, 3.8) is 0 Å². The first-order valence-corrected chi connectivity index (χ1v) is 15.5. The smallest absolute Gasteiger partial charge is 0.335 e. The van der Waals surface area contributed by atoms with Crippen molar-refractivity contribution in [2.45, 2.75) is 26.7 Å². The second-order valence-electron chi connectivity index (χ2n) is 11.7. The van der Waals surface area contributed by atoms with Gasteiger partial charge in [0, 0.05) is 23.5 Å². The number of carboxylic acid groups (broad SMARTS) is 2. The molecular formula is C41H29N3O4. The van der Waals surface area contributed by atoms with Crippen LogP contribution in [0.2, 0.25) is 0 Å². The molecule has 2 N–H and O–H groups in total. The zero-order valence-corrected chi connectivity index (χ0v) is 26.3. The fraction of sp³-hybridized carbons (Fsp3) is 0.0976. The van der Waals surface area contributed by atoms with E-state index in [2.05, 4.69) is 95.3 Å². The number of aryl methyl sites for hydroxylation is 2. The molecule has 0 spiro atoms. The van der Waals surface area contributed by atoms with Crippen molar-refractivity contribution in [2.24, 2.45) is 0 Å². The number of carbonyl (C=O) groups is 2. The van der Waals surface area contributed by atoms with Gasteiger partial charge in [-0.1, -0.05) is 66.5 Å². The maximum Gasteiger partial charge on any atom is 0.335 e. The Hall–Kier alpha value is -6.39. The van der Waals surface area contributed by atoms with Crippen LogP contribution in [0.1, 0.15) is 54.1 Å². The summed E-state index contributed by atoms with van der Waals surface area (Å²) in [5.41, 5.74) is 10.5. The number of allylic oxidation sites excluding steroid dienone is 2. The summed E-state index contributed by atoms with van der Waals surface area (Å²) in [6.45, 7) is 4.34. The number of hydrogen-bond donors (Lipinski definition) is 2. The van der Waals surface area contributed by atoms with Crippen LogP contribution in [0.4, 0.5) is 0 Å². The van der Waals surface area contributed by atoms with Gasteiger partial charge in [0.2, 0.25) is 0 Å². The van der Waals surface area contributed by atoms with E-state index in [0.29, 0.717) is 17.0 Å². The Balaban J connectivity index is 1.35. The molecule has 0 bridgehead atoms. The van der Waals surface area contributed by atoms with Gasteiger partial charge >= 0.3 is 11.9 Å². The summed E-state index contributed by atoms with van der Waals surface area (Å²) in [5.74, 6) is 4.60. The van der Waals surface area contributed by atoms with E-state index >= 15 is 0 Å². The summed E-state index contributed by atoms with van der Waals surface area (Å²) in [7, 11) is 0. The lowest BCUT2D eigenvalue weighted by atomic mass is 9.80. The van der Waals surface area contributed by atoms with Crippen LogP contribution in [0.15, 0.2) is 103 Å². The van der Waals surface area contributed by atoms with Crippen LogP contribution in [-0.4, -0.2) is 37.1 Å². The Bertz CT molecular complexity index is 2380. The minimum absolute atomic E-state index is 0.0201. The molecule has 232 valence electrons. The normalized spacial score (nSPS) is 11.9. The van der Waals surface area contributed by atoms with Crippen molar-refractivity contribution in [2.75, 3.05) is 0 Å². The first-order valence-electron chi connectivity index (χ1n) is 15.5. The van der Waals surface area contributed by atoms with Crippen molar-refractivity contribution >= 4 is 22.7 Å². The molecule has 0 fully saturated rings. The Labute approximate surface area is 277 Å². The van der Waals surface area contributed by atoms with Crippen LogP contribution < -0.4 is 0 Å². The van der Waals surface area contributed by atoms with Gasteiger partial charge in [-0.2, -0.15) is 0 Å². The van der Waals surface area contributed by atoms with Gasteiger partial charge in [-0.25, -0.2) is 14.6 Å². The SMILES string of the molecule is Cc1cccc(C)c1-c1c2c(c(C#Cc3ccnc(-c4cc(C(=O)O)cc(-c5cc(C(=O)O)ccn5)n4)c3)c3ccccc13)CC=CC2. The zero-order chi connectivity index (χ0) is 33.4. The summed E-state index contributed by atoms with van der Waals surface area (Å²) in [5, 5.41) is 21.6. The minimum atomic E-state index is -1.15. The van der Waals surface area contributed by atoms with E-state index in [-0.39, 0.29) is 22.5 Å². The summed E-state index contributed by atoms with van der Waals surface area (Å²) >= 11 is 0. The summed E-state index contributed by atoms with van der Waals surface area (Å²) in [4.78, 5) is 36.9. The van der Waals surface area contributed by atoms with Gasteiger partial charge in [-0.05, 0) is 107 Å². The highest BCUT2D eigenvalue weighted by Gasteiger charge is 2.22. The van der Waals surface area contributed by atoms with Crippen molar-refractivity contribution in [1.82, 2.24) is 15.0 Å². The highest BCUT2D eigenvalue weighted by Crippen LogP contribution is 2.42. The van der Waals surface area contributed by atoms with Crippen LogP contribution in [0.3, 0.4) is 0 Å². The predicted molar refractivity (Wildman–Crippen MR) is 186 cm³/mol. The molecule has 3 aromatic heterocycles. The maximum absolute atomic E-state index is 12.1. The molecule has 1 aliphatic rings. The molecule has 3 aromatic carbocycles. The van der Waals surface area contributed by atoms with Gasteiger partial charge in [0.1, 0.15) is 0 Å². The topological polar surface area (TPSA) is 113 Å². The Morgan fingerprint density at radius 1 is 0.625 bits per heavy atom. The monoisotopic (exact) mass is 627 g/mol. The summed E-state index contributed by atoms with van der Waals surface area (Å²) in [6, 6.07) is 24.0. The molecule has 1 aliphatic carbocycles. The molecule has 48 heavy (non-hydrogen) atoms. The zero-order valence-electron chi connectivity index (χ0n) is 26.3. The maximum atomic E-state index is 12.1. The Morgan fingerprint density at radius 2 is 1.23 bits per heavy atom. The lowest BCUT2D eigenvalue weighted by molar-refractivity contribution is 0.0686. The third kappa shape index (κ3) is 5.61. The van der Waals surface area contributed by atoms with Crippen molar-refractivity contribution in [3.05, 3.63) is 148 Å². The summed E-state index contributed by atoms with van der Waals surface area (Å²) < 4.78 is 0. The van der Waals surface area contributed by atoms with E-state index in [1.165, 1.54) is 69.2 Å². The first kappa shape index (κ1) is 30.3. The van der Waals surface area contributed by atoms with Crippen LogP contribution in [0.25, 0.3) is 44.7 Å². The van der Waals surface area contributed by atoms with Crippen LogP contribution >= 0.6 is 0 Å². The molecule has 3 heterocycles. The van der Waals surface area contributed by atoms with Gasteiger partial charge in [0.25, 0.3) is 0 Å². The molecule has 0 aliphatic heterocycles. The number of aromatic nitrogens is 3. The van der Waals surface area contributed by atoms with E-state index in [4.69, 9.17) is 0 Å². The Kier molecular flexibility index (Phi) is 7.84. The number of rotatable bonds is 5. The molecule has 0 saturated heterocycles. The molecule has 6 aromatic rings. The second-order valence-corrected chi connectivity index (χ2v) is 11.7. The standard InChI is InChI=1S/C41H29N3O4/c1-24-8-7-9-25(2)38(24)39-32-12-5-3-10-29(32)31(30-11-4-6-13-33(30)39)15-14-26-16-18-42-34(20-26)36-22-28(41(47)48)23-37(44-36)35-21-27(40(45)46)17-19-43-35/h3-10,12,16-23H,11,13H2,1-2H3,(H,45,46)(H,47,48). The van der Waals surface area contributed by atoms with E-state index in [9.17, 15) is 19.8 Å². The van der Waals surface area contributed by atoms with E-state index in [1.807, 2.05) is 6.07 Å². The van der Waals surface area contributed by atoms with Gasteiger partial charge in [0.05, 0.1) is 33.9 Å². The highest BCUT2D eigenvalue weighted by molar-refractivity contribution is 6.04. The van der Waals surface area contributed by atoms with Crippen LogP contribution in [0.5, 0.6) is 0 Å². The molecule has 7 nitrogen and oxygen atoms in total. The molecule has 7 rings (SSSR count). The largest absolute Gasteiger partial charge is 0.478 e. The highest BCUT2D eigenvalue weighted by atomic mass is 16.4. The number of hydrogen-bond acceptors (Lipinski definition) is 5. The molecule has 0 radical (unpaired) electrons. The average molecular weight is 628 g/mol. The third-order valence-electron chi connectivity index (χ3n) is 8.67. The van der Waals surface area contributed by atoms with Gasteiger partial charge in [-0.3, -0.25) is 9.97 Å². The molecular weight excluding hydrogens is 598 g/mol. The lowest BCUT2D eigenvalue weighted by Gasteiger charge is -2.24. The van der Waals surface area contributed by atoms with E-state index in [1.54, 1.807) is 12.3 Å². The lowest BCUT2D eigenvalue weighted by Crippen LogP contribution is -2.06. The number of carboxylic acids is 2. The molecule has 0 amide bonds. The van der Waals surface area contributed by atoms with Gasteiger partial charge in [0.15, 0.2) is 0 Å². The van der Waals surface area contributed by atoms with Gasteiger partial charge in [-0.15, -0.1) is 0 Å². The number of fused-ring (bicyclic) bond motifs is 2. The Morgan fingerprint density at radius 3 is 1.92 bits per heavy atom. The third-order valence-corrected chi connectivity index (χ3v) is 8.67. The fourth-order valence-corrected chi connectivity index (χ4v) is 6.44. The van der Waals surface area contributed by atoms with Crippen molar-refractivity contribution in [1.29, 1.82) is 0 Å². The van der Waals surface area contributed by atoms with E-state index < -0.39 is 11.9 Å². The fourth-order valence-electron chi connectivity index (χ4n) is 6.44. The van der Waals surface area contributed by atoms with Crippen molar-refractivity contribution in [3.8, 4) is 45.7 Å². The summed E-state index contributed by atoms with van der Waals surface area (Å²) in [6.07, 6.45) is 9.04. The van der Waals surface area contributed by atoms with Crippen LogP contribution in [-0.2, 0) is 12.8 Å². The molecule has 0 saturated carbocycles. The molecule has 0 unspecified atom stereocenters. The van der Waals surface area contributed by atoms with Crippen LogP contribution in [0, 0.1) is 25.7 Å². The predicted octanol–water partition coefficient (Wildman–Crippen LogP) is 8.09. The minimum Gasteiger partial charge on any atom is -0.478 e. The van der Waals surface area contributed by atoms with E-state index in [0.717, 1.165) is 23.8 Å². The molecule has 7 heteroatoms. The van der Waals surface area contributed by atoms with Gasteiger partial charge < -0.3 is 10.2 Å². The van der Waals surface area contributed by atoms with Crippen molar-refractivity contribution < 1.29 is 19.8 Å². The number of nitrogens with zero attached hydrogens (tertiary/aromatic N) is 3. The number of pyridine rings is 3. The number of aromatic carboxylic acids is 2. The second kappa shape index (κ2) is 12.4. The number of benzene rings is 3. The first-order chi connectivity index (χ1) is 23.3. The molecule has 0 atom stereocenters. The average Bonchev–Trinajstić information content (AvgIpc) is 3.10.